The number of rotatable bonds is 5. The largest absolute Gasteiger partial charge is 0.309 e. The van der Waals surface area contributed by atoms with Crippen molar-refractivity contribution in [3.05, 3.63) is 48.0 Å². The number of nitrogens with one attached hydrogen (secondary N) is 1. The molecular weight excluding hydrogens is 200 g/mol. The van der Waals surface area contributed by atoms with Crippen molar-refractivity contribution < 1.29 is 0 Å². The van der Waals surface area contributed by atoms with Crippen molar-refractivity contribution in [2.24, 2.45) is 0 Å². The molecule has 0 aromatic carbocycles. The maximum atomic E-state index is 4.33. The molecule has 0 aliphatic carbocycles. The van der Waals surface area contributed by atoms with Crippen LogP contribution in [-0.2, 0) is 13.1 Å². The van der Waals surface area contributed by atoms with E-state index in [4.69, 9.17) is 0 Å². The second-order valence-electron chi connectivity index (χ2n) is 3.71. The molecule has 0 unspecified atom stereocenters. The second-order valence-corrected chi connectivity index (χ2v) is 3.71. The van der Waals surface area contributed by atoms with Crippen LogP contribution >= 0.6 is 0 Å². The lowest BCUT2D eigenvalue weighted by Gasteiger charge is -2.06. The molecule has 4 nitrogen and oxygen atoms in total. The van der Waals surface area contributed by atoms with Gasteiger partial charge in [0.2, 0.25) is 0 Å². The summed E-state index contributed by atoms with van der Waals surface area (Å²) < 4.78 is 1.91. The molecule has 2 rings (SSSR count). The normalized spacial score (nSPS) is 10.6. The van der Waals surface area contributed by atoms with Crippen LogP contribution in [0.4, 0.5) is 0 Å². The molecule has 16 heavy (non-hydrogen) atoms. The molecule has 4 heteroatoms. The number of hydrogen-bond acceptors (Lipinski definition) is 3. The highest BCUT2D eigenvalue weighted by Crippen LogP contribution is 2.01. The van der Waals surface area contributed by atoms with E-state index in [1.165, 1.54) is 5.56 Å². The van der Waals surface area contributed by atoms with Crippen LogP contribution in [0.2, 0.25) is 0 Å². The third-order valence-corrected chi connectivity index (χ3v) is 2.49. The molecule has 0 saturated heterocycles. The van der Waals surface area contributed by atoms with E-state index in [0.717, 1.165) is 25.3 Å². The Bertz CT molecular complexity index is 422. The second kappa shape index (κ2) is 5.42. The third-order valence-electron chi connectivity index (χ3n) is 2.49. The van der Waals surface area contributed by atoms with E-state index in [0.29, 0.717) is 0 Å². The molecule has 0 fully saturated rings. The number of aromatic nitrogens is 3. The van der Waals surface area contributed by atoms with Gasteiger partial charge in [-0.15, -0.1) is 0 Å². The van der Waals surface area contributed by atoms with Gasteiger partial charge in [0.1, 0.15) is 0 Å². The highest BCUT2D eigenvalue weighted by Gasteiger charge is 1.97. The summed E-state index contributed by atoms with van der Waals surface area (Å²) in [6.45, 7) is 4.68. The molecule has 0 aliphatic heterocycles. The highest BCUT2D eigenvalue weighted by atomic mass is 15.3. The molecule has 84 valence electrons. The zero-order valence-electron chi connectivity index (χ0n) is 9.43. The van der Waals surface area contributed by atoms with Gasteiger partial charge >= 0.3 is 0 Å². The van der Waals surface area contributed by atoms with E-state index in [1.807, 2.05) is 29.2 Å². The van der Waals surface area contributed by atoms with E-state index < -0.39 is 0 Å². The summed E-state index contributed by atoms with van der Waals surface area (Å²) in [5.74, 6) is 0. The van der Waals surface area contributed by atoms with Gasteiger partial charge in [-0.05, 0) is 24.6 Å². The zero-order valence-corrected chi connectivity index (χ0v) is 9.43. The number of pyridine rings is 1. The van der Waals surface area contributed by atoms with E-state index in [1.54, 1.807) is 6.20 Å². The third kappa shape index (κ3) is 2.90. The van der Waals surface area contributed by atoms with Crippen molar-refractivity contribution in [3.8, 4) is 0 Å². The van der Waals surface area contributed by atoms with Crippen molar-refractivity contribution in [2.75, 3.05) is 6.54 Å². The summed E-state index contributed by atoms with van der Waals surface area (Å²) in [5.41, 5.74) is 2.34. The SMILES string of the molecule is Cc1cccnc1CNCCn1cccn1. The Balaban J connectivity index is 1.74. The molecule has 0 saturated carbocycles. The van der Waals surface area contributed by atoms with Crippen molar-refractivity contribution in [1.29, 1.82) is 0 Å². The van der Waals surface area contributed by atoms with E-state index in [2.05, 4.69) is 28.4 Å². The number of hydrogen-bond donors (Lipinski definition) is 1. The first-order valence-electron chi connectivity index (χ1n) is 5.45. The monoisotopic (exact) mass is 216 g/mol. The molecule has 0 aliphatic rings. The minimum absolute atomic E-state index is 0.813. The van der Waals surface area contributed by atoms with Gasteiger partial charge in [-0.1, -0.05) is 6.07 Å². The first kappa shape index (κ1) is 10.8. The first-order chi connectivity index (χ1) is 7.86. The van der Waals surface area contributed by atoms with Crippen LogP contribution in [0.1, 0.15) is 11.3 Å². The van der Waals surface area contributed by atoms with Crippen molar-refractivity contribution >= 4 is 0 Å². The standard InChI is InChI=1S/C12H16N4/c1-11-4-2-5-14-12(11)10-13-7-9-16-8-3-6-15-16/h2-6,8,13H,7,9-10H2,1H3. The summed E-state index contributed by atoms with van der Waals surface area (Å²) in [5, 5.41) is 7.50. The van der Waals surface area contributed by atoms with Crippen LogP contribution in [0, 0.1) is 6.92 Å². The fourth-order valence-electron chi connectivity index (χ4n) is 1.54. The Morgan fingerprint density at radius 1 is 1.31 bits per heavy atom. The summed E-state index contributed by atoms with van der Waals surface area (Å²) in [7, 11) is 0. The molecule has 2 heterocycles. The van der Waals surface area contributed by atoms with Crippen molar-refractivity contribution in [1.82, 2.24) is 20.1 Å². The van der Waals surface area contributed by atoms with Gasteiger partial charge in [0.05, 0.1) is 12.2 Å². The Hall–Kier alpha value is -1.68. The van der Waals surface area contributed by atoms with Gasteiger partial charge in [-0.2, -0.15) is 5.10 Å². The quantitative estimate of drug-likeness (QED) is 0.768. The van der Waals surface area contributed by atoms with Crippen LogP contribution in [-0.4, -0.2) is 21.3 Å². The Labute approximate surface area is 95.3 Å². The van der Waals surface area contributed by atoms with E-state index in [-0.39, 0.29) is 0 Å². The maximum absolute atomic E-state index is 4.33. The highest BCUT2D eigenvalue weighted by molar-refractivity contribution is 5.17. The molecule has 2 aromatic heterocycles. The van der Waals surface area contributed by atoms with Gasteiger partial charge in [0.25, 0.3) is 0 Å². The van der Waals surface area contributed by atoms with Gasteiger partial charge in [0, 0.05) is 31.7 Å². The Kier molecular flexibility index (Phi) is 3.66. The average Bonchev–Trinajstić information content (AvgIpc) is 2.79. The van der Waals surface area contributed by atoms with Gasteiger partial charge < -0.3 is 5.32 Å². The minimum atomic E-state index is 0.813. The van der Waals surface area contributed by atoms with Crippen LogP contribution in [0.15, 0.2) is 36.8 Å². The lowest BCUT2D eigenvalue weighted by atomic mass is 10.2. The van der Waals surface area contributed by atoms with Crippen LogP contribution in [0.5, 0.6) is 0 Å². The van der Waals surface area contributed by atoms with Crippen molar-refractivity contribution in [2.45, 2.75) is 20.0 Å². The van der Waals surface area contributed by atoms with Crippen molar-refractivity contribution in [3.63, 3.8) is 0 Å². The van der Waals surface area contributed by atoms with Gasteiger partial charge in [-0.25, -0.2) is 0 Å². The number of nitrogens with zero attached hydrogens (tertiary/aromatic N) is 3. The molecule has 0 amide bonds. The smallest absolute Gasteiger partial charge is 0.0570 e. The molecule has 0 spiro atoms. The molecule has 0 bridgehead atoms. The topological polar surface area (TPSA) is 42.7 Å². The fourth-order valence-corrected chi connectivity index (χ4v) is 1.54. The van der Waals surface area contributed by atoms with Crippen LogP contribution in [0.25, 0.3) is 0 Å². The first-order valence-corrected chi connectivity index (χ1v) is 5.45. The van der Waals surface area contributed by atoms with E-state index in [9.17, 15) is 0 Å². The van der Waals surface area contributed by atoms with Crippen LogP contribution < -0.4 is 5.32 Å². The average molecular weight is 216 g/mol. The summed E-state index contributed by atoms with van der Waals surface area (Å²) >= 11 is 0. The Morgan fingerprint density at radius 2 is 2.25 bits per heavy atom. The molecule has 2 aromatic rings. The Morgan fingerprint density at radius 3 is 3.00 bits per heavy atom. The zero-order chi connectivity index (χ0) is 11.2. The molecule has 1 N–H and O–H groups in total. The van der Waals surface area contributed by atoms with E-state index >= 15 is 0 Å². The molecule has 0 atom stereocenters. The summed E-state index contributed by atoms with van der Waals surface area (Å²) in [4.78, 5) is 4.33. The summed E-state index contributed by atoms with van der Waals surface area (Å²) in [6.07, 6.45) is 5.59. The summed E-state index contributed by atoms with van der Waals surface area (Å²) in [6, 6.07) is 5.98. The lowest BCUT2D eigenvalue weighted by Crippen LogP contribution is -2.20. The van der Waals surface area contributed by atoms with Gasteiger partial charge in [-0.3, -0.25) is 9.67 Å². The molecule has 0 radical (unpaired) electrons. The predicted octanol–water partition coefficient (Wildman–Crippen LogP) is 1.38. The number of aryl methyl sites for hydroxylation is 1. The maximum Gasteiger partial charge on any atom is 0.0570 e. The minimum Gasteiger partial charge on any atom is -0.309 e. The van der Waals surface area contributed by atoms with Gasteiger partial charge in [0.15, 0.2) is 0 Å². The predicted molar refractivity (Wildman–Crippen MR) is 62.9 cm³/mol. The lowest BCUT2D eigenvalue weighted by molar-refractivity contribution is 0.551. The molecular formula is C12H16N4. The van der Waals surface area contributed by atoms with Crippen LogP contribution in [0.3, 0.4) is 0 Å². The fraction of sp³-hybridized carbons (Fsp3) is 0.333.